The minimum Gasteiger partial charge on any atom is -0.466 e. The van der Waals surface area contributed by atoms with E-state index in [1.54, 1.807) is 13.0 Å². The van der Waals surface area contributed by atoms with E-state index in [-0.39, 0.29) is 5.91 Å². The summed E-state index contributed by atoms with van der Waals surface area (Å²) in [5.41, 5.74) is 1.39. The number of thioether (sulfide) groups is 1. The van der Waals surface area contributed by atoms with Gasteiger partial charge in [0.15, 0.2) is 10.8 Å². The Morgan fingerprint density at radius 3 is 2.75 bits per heavy atom. The number of rotatable bonds is 6. The Hall–Kier alpha value is -2.55. The molecule has 4 heterocycles. The summed E-state index contributed by atoms with van der Waals surface area (Å²) in [5, 5.41) is 9.14. The molecule has 1 aliphatic rings. The van der Waals surface area contributed by atoms with E-state index in [0.29, 0.717) is 24.4 Å². The van der Waals surface area contributed by atoms with E-state index < -0.39 is 0 Å². The summed E-state index contributed by atoms with van der Waals surface area (Å²) in [5.74, 6) is 2.19. The SMILES string of the molecule is CSc1nc(N2CCCC2)c2cnn(CCNC(=O)c3cc(C)oc3C)c2n1. The molecular formula is C19H24N6O2S. The molecule has 1 fully saturated rings. The first-order chi connectivity index (χ1) is 13.6. The van der Waals surface area contributed by atoms with Gasteiger partial charge in [-0.2, -0.15) is 5.10 Å². The number of hydrogen-bond acceptors (Lipinski definition) is 7. The largest absolute Gasteiger partial charge is 0.466 e. The quantitative estimate of drug-likeness (QED) is 0.503. The van der Waals surface area contributed by atoms with Crippen LogP contribution in [0.3, 0.4) is 0 Å². The van der Waals surface area contributed by atoms with Crippen molar-refractivity contribution in [3.63, 3.8) is 0 Å². The number of carbonyl (C=O) groups is 1. The number of anilines is 1. The molecule has 148 valence electrons. The molecule has 1 N–H and O–H groups in total. The molecule has 0 radical (unpaired) electrons. The molecule has 3 aromatic rings. The molecule has 0 aliphatic carbocycles. The highest BCUT2D eigenvalue weighted by Gasteiger charge is 2.20. The van der Waals surface area contributed by atoms with Crippen molar-refractivity contribution in [2.45, 2.75) is 38.4 Å². The van der Waals surface area contributed by atoms with E-state index in [2.05, 4.69) is 20.3 Å². The van der Waals surface area contributed by atoms with Crippen LogP contribution in [0.15, 0.2) is 21.8 Å². The van der Waals surface area contributed by atoms with Gasteiger partial charge in [0.2, 0.25) is 0 Å². The average molecular weight is 401 g/mol. The molecular weight excluding hydrogens is 376 g/mol. The molecule has 0 unspecified atom stereocenters. The maximum atomic E-state index is 12.4. The molecule has 28 heavy (non-hydrogen) atoms. The highest BCUT2D eigenvalue weighted by Crippen LogP contribution is 2.28. The first kappa shape index (κ1) is 18.8. The molecule has 8 nitrogen and oxygen atoms in total. The van der Waals surface area contributed by atoms with Gasteiger partial charge in [0, 0.05) is 19.6 Å². The predicted octanol–water partition coefficient (Wildman–Crippen LogP) is 2.79. The number of nitrogens with one attached hydrogen (secondary N) is 1. The molecule has 1 saturated heterocycles. The molecule has 9 heteroatoms. The highest BCUT2D eigenvalue weighted by molar-refractivity contribution is 7.98. The number of amides is 1. The minimum atomic E-state index is -0.136. The van der Waals surface area contributed by atoms with Gasteiger partial charge >= 0.3 is 0 Å². The molecule has 0 spiro atoms. The second-order valence-electron chi connectivity index (χ2n) is 6.92. The van der Waals surface area contributed by atoms with Gasteiger partial charge in [0.1, 0.15) is 17.3 Å². The number of hydrogen-bond donors (Lipinski definition) is 1. The number of nitrogens with zero attached hydrogens (tertiary/aromatic N) is 5. The normalized spacial score (nSPS) is 14.2. The lowest BCUT2D eigenvalue weighted by Gasteiger charge is -2.17. The Kier molecular flexibility index (Phi) is 5.25. The van der Waals surface area contributed by atoms with E-state index in [1.165, 1.54) is 24.6 Å². The zero-order valence-corrected chi connectivity index (χ0v) is 17.2. The van der Waals surface area contributed by atoms with Crippen LogP contribution in [0.5, 0.6) is 0 Å². The Bertz CT molecular complexity index is 1010. The third-order valence-corrected chi connectivity index (χ3v) is 5.49. The minimum absolute atomic E-state index is 0.136. The van der Waals surface area contributed by atoms with Gasteiger partial charge in [-0.15, -0.1) is 0 Å². The van der Waals surface area contributed by atoms with Crippen LogP contribution in [0.4, 0.5) is 5.82 Å². The standard InChI is InChI=1S/C19H24N6O2S/c1-12-10-14(13(2)27-12)18(26)20-6-9-25-17-15(11-21-25)16(22-19(23-17)28-3)24-7-4-5-8-24/h10-11H,4-9H2,1-3H3,(H,20,26). The van der Waals surface area contributed by atoms with E-state index in [0.717, 1.165) is 40.9 Å². The molecule has 0 aromatic carbocycles. The van der Waals surface area contributed by atoms with Gasteiger partial charge < -0.3 is 14.6 Å². The third kappa shape index (κ3) is 3.58. The maximum Gasteiger partial charge on any atom is 0.254 e. The van der Waals surface area contributed by atoms with Crippen LogP contribution in [0.1, 0.15) is 34.7 Å². The number of aromatic nitrogens is 4. The van der Waals surface area contributed by atoms with Crippen LogP contribution in [0.25, 0.3) is 11.0 Å². The van der Waals surface area contributed by atoms with Crippen molar-refractivity contribution >= 4 is 34.5 Å². The van der Waals surface area contributed by atoms with Crippen molar-refractivity contribution in [1.29, 1.82) is 0 Å². The van der Waals surface area contributed by atoms with Gasteiger partial charge in [-0.25, -0.2) is 14.6 Å². The van der Waals surface area contributed by atoms with Crippen LogP contribution in [0, 0.1) is 13.8 Å². The zero-order valence-electron chi connectivity index (χ0n) is 16.4. The molecule has 0 atom stereocenters. The monoisotopic (exact) mass is 400 g/mol. The topological polar surface area (TPSA) is 89.1 Å². The average Bonchev–Trinajstić information content (AvgIpc) is 3.41. The van der Waals surface area contributed by atoms with Gasteiger partial charge in [0.05, 0.1) is 23.7 Å². The summed E-state index contributed by atoms with van der Waals surface area (Å²) >= 11 is 1.53. The summed E-state index contributed by atoms with van der Waals surface area (Å²) in [6.45, 7) is 6.66. The molecule has 1 aliphatic heterocycles. The van der Waals surface area contributed by atoms with Crippen LogP contribution >= 0.6 is 11.8 Å². The second kappa shape index (κ2) is 7.83. The maximum absolute atomic E-state index is 12.4. The van der Waals surface area contributed by atoms with Gasteiger partial charge in [0.25, 0.3) is 5.91 Å². The van der Waals surface area contributed by atoms with Gasteiger partial charge in [-0.05, 0) is 39.0 Å². The first-order valence-corrected chi connectivity index (χ1v) is 10.7. The smallest absolute Gasteiger partial charge is 0.254 e. The molecule has 0 saturated carbocycles. The summed E-state index contributed by atoms with van der Waals surface area (Å²) in [6.07, 6.45) is 6.18. The first-order valence-electron chi connectivity index (χ1n) is 9.44. The third-order valence-electron chi connectivity index (χ3n) is 4.94. The Morgan fingerprint density at radius 2 is 2.07 bits per heavy atom. The summed E-state index contributed by atoms with van der Waals surface area (Å²) in [7, 11) is 0. The zero-order chi connectivity index (χ0) is 19.7. The van der Waals surface area contributed by atoms with Crippen molar-refractivity contribution in [3.05, 3.63) is 29.3 Å². The second-order valence-corrected chi connectivity index (χ2v) is 7.69. The summed E-state index contributed by atoms with van der Waals surface area (Å²) in [6, 6.07) is 1.76. The van der Waals surface area contributed by atoms with Gasteiger partial charge in [-0.3, -0.25) is 4.79 Å². The van der Waals surface area contributed by atoms with Crippen molar-refractivity contribution in [1.82, 2.24) is 25.1 Å². The number of fused-ring (bicyclic) bond motifs is 1. The molecule has 1 amide bonds. The lowest BCUT2D eigenvalue weighted by molar-refractivity contribution is 0.0950. The summed E-state index contributed by atoms with van der Waals surface area (Å²) in [4.78, 5) is 24.0. The number of aryl methyl sites for hydroxylation is 2. The van der Waals surface area contributed by atoms with E-state index in [9.17, 15) is 4.79 Å². The molecule has 3 aromatic heterocycles. The fraction of sp³-hybridized carbons (Fsp3) is 0.474. The molecule has 4 rings (SSSR count). The van der Waals surface area contributed by atoms with Gasteiger partial charge in [-0.1, -0.05) is 11.8 Å². The highest BCUT2D eigenvalue weighted by atomic mass is 32.2. The van der Waals surface area contributed by atoms with E-state index in [4.69, 9.17) is 9.40 Å². The lowest BCUT2D eigenvalue weighted by atomic mass is 10.2. The van der Waals surface area contributed by atoms with E-state index >= 15 is 0 Å². The Morgan fingerprint density at radius 1 is 1.29 bits per heavy atom. The van der Waals surface area contributed by atoms with Crippen LogP contribution in [-0.2, 0) is 6.54 Å². The van der Waals surface area contributed by atoms with Crippen LogP contribution in [-0.4, -0.2) is 51.5 Å². The van der Waals surface area contributed by atoms with Crippen molar-refractivity contribution in [2.75, 3.05) is 30.8 Å². The van der Waals surface area contributed by atoms with E-state index in [1.807, 2.05) is 24.1 Å². The molecule has 0 bridgehead atoms. The van der Waals surface area contributed by atoms with Crippen molar-refractivity contribution in [3.8, 4) is 0 Å². The Balaban J connectivity index is 1.52. The van der Waals surface area contributed by atoms with Crippen LogP contribution in [0.2, 0.25) is 0 Å². The van der Waals surface area contributed by atoms with Crippen molar-refractivity contribution < 1.29 is 9.21 Å². The number of carbonyl (C=O) groups excluding carboxylic acids is 1. The fourth-order valence-electron chi connectivity index (χ4n) is 3.57. The van der Waals surface area contributed by atoms with Crippen molar-refractivity contribution in [2.24, 2.45) is 0 Å². The predicted molar refractivity (Wildman–Crippen MR) is 109 cm³/mol. The number of furan rings is 1. The summed E-state index contributed by atoms with van der Waals surface area (Å²) < 4.78 is 7.27. The van der Waals surface area contributed by atoms with Crippen LogP contribution < -0.4 is 10.2 Å². The Labute approximate surface area is 167 Å². The lowest BCUT2D eigenvalue weighted by Crippen LogP contribution is -2.27. The fourth-order valence-corrected chi connectivity index (χ4v) is 3.93.